The summed E-state index contributed by atoms with van der Waals surface area (Å²) in [4.78, 5) is 25.6. The van der Waals surface area contributed by atoms with Gasteiger partial charge in [0.25, 0.3) is 11.8 Å². The van der Waals surface area contributed by atoms with Crippen LogP contribution in [0.15, 0.2) is 59.5 Å². The Hall–Kier alpha value is -3.06. The fraction of sp³-hybridized carbons (Fsp3) is 0.0556. The van der Waals surface area contributed by atoms with Crippen LogP contribution >= 0.6 is 11.9 Å². The Labute approximate surface area is 148 Å². The minimum absolute atomic E-state index is 0.336. The van der Waals surface area contributed by atoms with Crippen molar-refractivity contribution in [3.8, 4) is 5.69 Å². The van der Waals surface area contributed by atoms with Crippen LogP contribution in [0.2, 0.25) is 0 Å². The second-order valence-corrected chi connectivity index (χ2v) is 6.54. The van der Waals surface area contributed by atoms with Gasteiger partial charge >= 0.3 is 0 Å². The molecule has 1 aromatic heterocycles. The van der Waals surface area contributed by atoms with E-state index in [2.05, 4.69) is 5.10 Å². The van der Waals surface area contributed by atoms with E-state index in [1.54, 1.807) is 35.9 Å². The number of aromatic nitrogens is 2. The molecule has 0 radical (unpaired) electrons. The van der Waals surface area contributed by atoms with Crippen molar-refractivity contribution >= 4 is 29.6 Å². The lowest BCUT2D eigenvalue weighted by atomic mass is 10.1. The summed E-state index contributed by atoms with van der Waals surface area (Å²) in [5.41, 5.74) is 8.53. The minimum atomic E-state index is -0.336. The van der Waals surface area contributed by atoms with Crippen LogP contribution in [0, 0.1) is 6.92 Å². The Morgan fingerprint density at radius 1 is 0.920 bits per heavy atom. The maximum Gasteiger partial charge on any atom is 0.272 e. The van der Waals surface area contributed by atoms with Gasteiger partial charge in [-0.25, -0.2) is 8.99 Å². The SMILES string of the molecule is Cc1nn(-c2ccccc2)c(N)c1SN1C(=O)c2ccccc2C1=O. The van der Waals surface area contributed by atoms with Gasteiger partial charge < -0.3 is 5.73 Å². The summed E-state index contributed by atoms with van der Waals surface area (Å²) in [7, 11) is 0. The molecule has 0 unspecified atom stereocenters. The molecule has 0 saturated heterocycles. The number of nitrogens with zero attached hydrogens (tertiary/aromatic N) is 3. The van der Waals surface area contributed by atoms with E-state index >= 15 is 0 Å². The van der Waals surface area contributed by atoms with Gasteiger partial charge in [-0.1, -0.05) is 30.3 Å². The summed E-state index contributed by atoms with van der Waals surface area (Å²) in [6.45, 7) is 1.80. The van der Waals surface area contributed by atoms with E-state index in [9.17, 15) is 9.59 Å². The van der Waals surface area contributed by atoms with Crippen LogP contribution < -0.4 is 5.73 Å². The lowest BCUT2D eigenvalue weighted by Gasteiger charge is -2.12. The van der Waals surface area contributed by atoms with Crippen molar-refractivity contribution in [1.82, 2.24) is 14.1 Å². The van der Waals surface area contributed by atoms with Gasteiger partial charge in [0.1, 0.15) is 5.82 Å². The Kier molecular flexibility index (Phi) is 3.58. The smallest absolute Gasteiger partial charge is 0.272 e. The van der Waals surface area contributed by atoms with E-state index in [4.69, 9.17) is 5.73 Å². The molecule has 2 amide bonds. The predicted molar refractivity (Wildman–Crippen MR) is 95.5 cm³/mol. The van der Waals surface area contributed by atoms with Gasteiger partial charge in [0, 0.05) is 11.9 Å². The molecule has 2 aromatic carbocycles. The monoisotopic (exact) mass is 350 g/mol. The molecule has 1 aliphatic rings. The third-order valence-corrected chi connectivity index (χ3v) is 5.18. The third kappa shape index (κ3) is 2.40. The average molecular weight is 350 g/mol. The summed E-state index contributed by atoms with van der Waals surface area (Å²) >= 11 is 1.02. The molecule has 0 atom stereocenters. The zero-order chi connectivity index (χ0) is 17.6. The van der Waals surface area contributed by atoms with Gasteiger partial charge in [-0.2, -0.15) is 5.10 Å². The number of nitrogen functional groups attached to an aromatic ring is 1. The fourth-order valence-corrected chi connectivity index (χ4v) is 3.65. The fourth-order valence-electron chi connectivity index (χ4n) is 2.75. The van der Waals surface area contributed by atoms with Gasteiger partial charge in [-0.15, -0.1) is 0 Å². The molecular formula is C18H14N4O2S. The largest absolute Gasteiger partial charge is 0.383 e. The maximum absolute atomic E-state index is 12.5. The molecular weight excluding hydrogens is 336 g/mol. The van der Waals surface area contributed by atoms with Crippen LogP contribution in [-0.4, -0.2) is 25.9 Å². The highest BCUT2D eigenvalue weighted by Crippen LogP contribution is 2.37. The number of hydrogen-bond donors (Lipinski definition) is 1. The number of rotatable bonds is 3. The minimum Gasteiger partial charge on any atom is -0.383 e. The second-order valence-electron chi connectivity index (χ2n) is 5.59. The van der Waals surface area contributed by atoms with Gasteiger partial charge in [-0.05, 0) is 31.2 Å². The lowest BCUT2D eigenvalue weighted by molar-refractivity contribution is 0.0777. The van der Waals surface area contributed by atoms with Crippen molar-refractivity contribution in [2.24, 2.45) is 0 Å². The van der Waals surface area contributed by atoms with Crippen LogP contribution in [0.3, 0.4) is 0 Å². The van der Waals surface area contributed by atoms with E-state index < -0.39 is 0 Å². The molecule has 7 heteroatoms. The lowest BCUT2D eigenvalue weighted by Crippen LogP contribution is -2.22. The number of benzene rings is 2. The molecule has 124 valence electrons. The number of carbonyl (C=O) groups is 2. The van der Waals surface area contributed by atoms with Crippen LogP contribution in [0.1, 0.15) is 26.4 Å². The van der Waals surface area contributed by atoms with E-state index in [1.165, 1.54) is 0 Å². The van der Waals surface area contributed by atoms with Crippen LogP contribution in [-0.2, 0) is 0 Å². The van der Waals surface area contributed by atoms with Crippen molar-refractivity contribution in [1.29, 1.82) is 0 Å². The number of nitrogens with two attached hydrogens (primary N) is 1. The highest BCUT2D eigenvalue weighted by molar-refractivity contribution is 7.98. The van der Waals surface area contributed by atoms with Gasteiger partial charge in [0.15, 0.2) is 0 Å². The molecule has 0 fully saturated rings. The Morgan fingerprint density at radius 3 is 2.08 bits per heavy atom. The first-order valence-electron chi connectivity index (χ1n) is 7.64. The van der Waals surface area contributed by atoms with Crippen molar-refractivity contribution in [2.75, 3.05) is 5.73 Å². The number of anilines is 1. The maximum atomic E-state index is 12.5. The summed E-state index contributed by atoms with van der Waals surface area (Å²) in [5.74, 6) is -0.279. The van der Waals surface area contributed by atoms with Gasteiger partial charge in [0.05, 0.1) is 27.4 Å². The van der Waals surface area contributed by atoms with Crippen LogP contribution in [0.5, 0.6) is 0 Å². The molecule has 2 N–H and O–H groups in total. The molecule has 0 spiro atoms. The molecule has 0 aliphatic carbocycles. The zero-order valence-electron chi connectivity index (χ0n) is 13.3. The number of amides is 2. The Morgan fingerprint density at radius 2 is 1.48 bits per heavy atom. The Bertz CT molecular complexity index is 963. The van der Waals surface area contributed by atoms with Crippen LogP contribution in [0.25, 0.3) is 5.69 Å². The molecule has 25 heavy (non-hydrogen) atoms. The summed E-state index contributed by atoms with van der Waals surface area (Å²) < 4.78 is 2.75. The van der Waals surface area contributed by atoms with E-state index in [0.29, 0.717) is 27.5 Å². The topological polar surface area (TPSA) is 81.2 Å². The van der Waals surface area contributed by atoms with Crippen molar-refractivity contribution in [3.63, 3.8) is 0 Å². The summed E-state index contributed by atoms with van der Waals surface area (Å²) in [6.07, 6.45) is 0. The first-order chi connectivity index (χ1) is 12.1. The predicted octanol–water partition coefficient (Wildman–Crippen LogP) is 3.07. The first-order valence-corrected chi connectivity index (χ1v) is 8.41. The number of aryl methyl sites for hydroxylation is 1. The number of hydrogen-bond acceptors (Lipinski definition) is 5. The quantitative estimate of drug-likeness (QED) is 0.580. The van der Waals surface area contributed by atoms with Crippen molar-refractivity contribution in [2.45, 2.75) is 11.8 Å². The van der Waals surface area contributed by atoms with E-state index in [0.717, 1.165) is 21.9 Å². The van der Waals surface area contributed by atoms with E-state index in [-0.39, 0.29) is 11.8 Å². The highest BCUT2D eigenvalue weighted by Gasteiger charge is 2.37. The average Bonchev–Trinajstić information content (AvgIpc) is 3.06. The number of para-hydroxylation sites is 1. The van der Waals surface area contributed by atoms with Gasteiger partial charge in [-0.3, -0.25) is 9.59 Å². The molecule has 0 saturated carbocycles. The molecule has 2 heterocycles. The van der Waals surface area contributed by atoms with Crippen LogP contribution in [0.4, 0.5) is 5.82 Å². The molecule has 0 bridgehead atoms. The van der Waals surface area contributed by atoms with E-state index in [1.807, 2.05) is 30.3 Å². The molecule has 4 rings (SSSR count). The zero-order valence-corrected chi connectivity index (χ0v) is 14.2. The molecule has 3 aromatic rings. The normalized spacial score (nSPS) is 13.4. The van der Waals surface area contributed by atoms with Crippen molar-refractivity contribution in [3.05, 3.63) is 71.4 Å². The van der Waals surface area contributed by atoms with Crippen molar-refractivity contribution < 1.29 is 9.59 Å². The number of carbonyl (C=O) groups excluding carboxylic acids is 2. The molecule has 6 nitrogen and oxygen atoms in total. The summed E-state index contributed by atoms with van der Waals surface area (Å²) in [6, 6.07) is 16.3. The Balaban J connectivity index is 1.70. The number of fused-ring (bicyclic) bond motifs is 1. The molecule has 1 aliphatic heterocycles. The van der Waals surface area contributed by atoms with Gasteiger partial charge in [0.2, 0.25) is 0 Å². The number of imide groups is 1. The summed E-state index contributed by atoms with van der Waals surface area (Å²) in [5, 5.41) is 4.44. The first kappa shape index (κ1) is 15.5. The third-order valence-electron chi connectivity index (χ3n) is 3.98. The standard InChI is InChI=1S/C18H14N4O2S/c1-11-15(16(19)21(20-11)12-7-3-2-4-8-12)25-22-17(23)13-9-5-6-10-14(13)18(22)24/h2-10H,19H2,1H3. The highest BCUT2D eigenvalue weighted by atomic mass is 32.2. The second kappa shape index (κ2) is 5.78.